The van der Waals surface area contributed by atoms with Gasteiger partial charge in [0.1, 0.15) is 0 Å². The van der Waals surface area contributed by atoms with Gasteiger partial charge in [0.15, 0.2) is 0 Å². The number of amides is 1. The van der Waals surface area contributed by atoms with Gasteiger partial charge >= 0.3 is 254 Å². The first-order chi connectivity index (χ1) is 21.2. The molecule has 4 aromatic rings. The molecule has 0 saturated heterocycles. The predicted octanol–water partition coefficient (Wildman–Crippen LogP) is 7.33. The second-order valence-electron chi connectivity index (χ2n) is 14.6. The standard InChI is InChI=1S/C40H53N2O2P/c1-31(40(6,7)44-33-21-19-20-32(28-33)29-42(8)9)41-37(43)38(2,3)30-39(4,5)45(34-22-13-10-14-23-34,35-24-15-11-16-25-35)36-26-17-12-18-27-36/h10-28,31,45H,29-30H2,1-9H3,(H,41,43). The molecule has 0 aromatic heterocycles. The molecule has 4 rings (SSSR count). The van der Waals surface area contributed by atoms with E-state index in [4.69, 9.17) is 4.74 Å². The fraction of sp³-hybridized carbons (Fsp3) is 0.375. The number of nitrogens with zero attached hydrogens (tertiary/aromatic N) is 1. The summed E-state index contributed by atoms with van der Waals surface area (Å²) in [5.74, 6) is 0.850. The van der Waals surface area contributed by atoms with E-state index in [1.165, 1.54) is 21.5 Å². The molecular weight excluding hydrogens is 571 g/mol. The second-order valence-corrected chi connectivity index (χ2v) is 19.2. The van der Waals surface area contributed by atoms with E-state index in [0.717, 1.165) is 12.3 Å². The zero-order valence-corrected chi connectivity index (χ0v) is 29.7. The molecule has 4 nitrogen and oxygen atoms in total. The van der Waals surface area contributed by atoms with Crippen LogP contribution in [0.25, 0.3) is 0 Å². The normalized spacial score (nSPS) is 13.7. The summed E-state index contributed by atoms with van der Waals surface area (Å²) in [6.07, 6.45) is 0.706. The minimum atomic E-state index is -2.66. The van der Waals surface area contributed by atoms with Crippen LogP contribution in [0.5, 0.6) is 5.75 Å². The summed E-state index contributed by atoms with van der Waals surface area (Å²) in [7, 11) is 1.46. The van der Waals surface area contributed by atoms with Gasteiger partial charge in [0.05, 0.1) is 0 Å². The fourth-order valence-electron chi connectivity index (χ4n) is 7.08. The van der Waals surface area contributed by atoms with Crippen molar-refractivity contribution < 1.29 is 9.53 Å². The maximum absolute atomic E-state index is 14.2. The molecule has 0 bridgehead atoms. The molecule has 1 amide bonds. The molecule has 0 saturated carbocycles. The molecule has 45 heavy (non-hydrogen) atoms. The predicted molar refractivity (Wildman–Crippen MR) is 195 cm³/mol. The molecule has 0 radical (unpaired) electrons. The van der Waals surface area contributed by atoms with Crippen LogP contribution in [-0.4, -0.2) is 41.7 Å². The Morgan fingerprint density at radius 1 is 0.733 bits per heavy atom. The Morgan fingerprint density at radius 3 is 1.64 bits per heavy atom. The maximum atomic E-state index is 14.2. The average molecular weight is 625 g/mol. The topological polar surface area (TPSA) is 41.6 Å². The van der Waals surface area contributed by atoms with E-state index in [1.807, 2.05) is 32.9 Å². The zero-order valence-electron chi connectivity index (χ0n) is 28.7. The van der Waals surface area contributed by atoms with Crippen LogP contribution in [-0.2, 0) is 11.3 Å². The third-order valence-electron chi connectivity index (χ3n) is 9.30. The molecule has 0 fully saturated rings. The van der Waals surface area contributed by atoms with E-state index >= 15 is 0 Å². The Hall–Kier alpha value is -3.46. The molecule has 5 heteroatoms. The van der Waals surface area contributed by atoms with Gasteiger partial charge < -0.3 is 4.90 Å². The number of carbonyl (C=O) groups excluding carboxylic acids is 1. The first-order valence-corrected chi connectivity index (χ1v) is 18.1. The van der Waals surface area contributed by atoms with Gasteiger partial charge in [-0.25, -0.2) is 0 Å². The number of benzene rings is 4. The number of rotatable bonds is 13. The molecule has 0 heterocycles. The van der Waals surface area contributed by atoms with Gasteiger partial charge in [-0.3, -0.25) is 0 Å². The molecule has 1 atom stereocenters. The van der Waals surface area contributed by atoms with Crippen LogP contribution in [0.15, 0.2) is 115 Å². The second kappa shape index (κ2) is 13.9. The van der Waals surface area contributed by atoms with Crippen LogP contribution in [0.3, 0.4) is 0 Å². The summed E-state index contributed by atoms with van der Waals surface area (Å²) >= 11 is 0. The van der Waals surface area contributed by atoms with Crippen LogP contribution in [0, 0.1) is 5.41 Å². The quantitative estimate of drug-likeness (QED) is 0.158. The van der Waals surface area contributed by atoms with Crippen molar-refractivity contribution in [3.63, 3.8) is 0 Å². The molecule has 0 aliphatic heterocycles. The van der Waals surface area contributed by atoms with Crippen molar-refractivity contribution in [2.75, 3.05) is 14.1 Å². The molecule has 0 aliphatic carbocycles. The molecule has 1 N–H and O–H groups in total. The van der Waals surface area contributed by atoms with Crippen molar-refractivity contribution in [1.82, 2.24) is 10.2 Å². The fourth-order valence-corrected chi connectivity index (χ4v) is 13.2. The minimum absolute atomic E-state index is 0.0400. The molecule has 4 aromatic carbocycles. The SMILES string of the molecule is CC(NC(=O)C(C)(C)CC(C)(C)[PH](c1ccccc1)(c1ccccc1)c1ccccc1)C(C)(C)Oc1cccc(CN(C)C)c1. The molecular formula is C40H53N2O2P. The average Bonchev–Trinajstić information content (AvgIpc) is 2.98. The van der Waals surface area contributed by atoms with Crippen molar-refractivity contribution >= 4 is 29.1 Å². The number of ether oxygens (including phenoxy) is 1. The summed E-state index contributed by atoms with van der Waals surface area (Å²) in [5, 5.41) is 7.18. The summed E-state index contributed by atoms with van der Waals surface area (Å²) in [6.45, 7) is 15.9. The van der Waals surface area contributed by atoms with Crippen LogP contribution < -0.4 is 26.0 Å². The number of nitrogens with one attached hydrogen (secondary N) is 1. The Labute approximate surface area is 272 Å². The van der Waals surface area contributed by atoms with Crippen LogP contribution in [0.1, 0.15) is 60.5 Å². The van der Waals surface area contributed by atoms with Crippen molar-refractivity contribution in [2.24, 2.45) is 5.41 Å². The Kier molecular flexibility index (Phi) is 10.6. The van der Waals surface area contributed by atoms with E-state index in [-0.39, 0.29) is 17.1 Å². The number of hydrogen-bond acceptors (Lipinski definition) is 3. The molecule has 0 spiro atoms. The van der Waals surface area contributed by atoms with Crippen molar-refractivity contribution in [2.45, 2.75) is 78.2 Å². The monoisotopic (exact) mass is 624 g/mol. The third-order valence-corrected chi connectivity index (χ3v) is 15.1. The summed E-state index contributed by atoms with van der Waals surface area (Å²) < 4.78 is 6.50. The van der Waals surface area contributed by atoms with Crippen molar-refractivity contribution in [3.05, 3.63) is 121 Å². The number of hydrogen-bond donors (Lipinski definition) is 1. The first kappa shape index (κ1) is 34.4. The van der Waals surface area contributed by atoms with Gasteiger partial charge in [0.25, 0.3) is 0 Å². The Balaban J connectivity index is 1.65. The van der Waals surface area contributed by atoms with Crippen LogP contribution in [0.2, 0.25) is 0 Å². The van der Waals surface area contributed by atoms with Gasteiger partial charge in [-0.2, -0.15) is 0 Å². The molecule has 0 aliphatic rings. The Bertz CT molecular complexity index is 1440. The van der Waals surface area contributed by atoms with Gasteiger partial charge in [-0.05, 0) is 14.1 Å². The van der Waals surface area contributed by atoms with Crippen LogP contribution >= 0.6 is 7.26 Å². The van der Waals surface area contributed by atoms with Crippen molar-refractivity contribution in [1.29, 1.82) is 0 Å². The van der Waals surface area contributed by atoms with E-state index in [2.05, 4.69) is 155 Å². The van der Waals surface area contributed by atoms with E-state index < -0.39 is 18.3 Å². The Morgan fingerprint density at radius 2 is 1.20 bits per heavy atom. The molecule has 240 valence electrons. The first-order valence-electron chi connectivity index (χ1n) is 16.1. The summed E-state index contributed by atoms with van der Waals surface area (Å²) in [6, 6.07) is 40.9. The van der Waals surface area contributed by atoms with Crippen LogP contribution in [0.4, 0.5) is 0 Å². The zero-order chi connectivity index (χ0) is 32.9. The van der Waals surface area contributed by atoms with Crippen molar-refractivity contribution in [3.8, 4) is 5.75 Å². The van der Waals surface area contributed by atoms with Gasteiger partial charge in [-0.1, -0.05) is 0 Å². The van der Waals surface area contributed by atoms with Gasteiger partial charge in [0.2, 0.25) is 0 Å². The van der Waals surface area contributed by atoms with E-state index in [1.54, 1.807) is 0 Å². The third kappa shape index (κ3) is 7.68. The molecule has 1 unspecified atom stereocenters. The summed E-state index contributed by atoms with van der Waals surface area (Å²) in [4.78, 5) is 16.3. The van der Waals surface area contributed by atoms with Gasteiger partial charge in [-0.15, -0.1) is 0 Å². The van der Waals surface area contributed by atoms with E-state index in [0.29, 0.717) is 6.42 Å². The van der Waals surface area contributed by atoms with Gasteiger partial charge in [0, 0.05) is 0 Å². The van der Waals surface area contributed by atoms with E-state index in [9.17, 15) is 4.79 Å². The number of carbonyl (C=O) groups is 1. The summed E-state index contributed by atoms with van der Waals surface area (Å²) in [5.41, 5.74) is -0.0683.